The molecule has 0 fully saturated rings. The van der Waals surface area contributed by atoms with Gasteiger partial charge in [-0.05, 0) is 21.6 Å². The van der Waals surface area contributed by atoms with Crippen LogP contribution in [-0.2, 0) is 0 Å². The first-order chi connectivity index (χ1) is 10.6. The molecular weight excluding hydrogens is 324 g/mol. The first kappa shape index (κ1) is 16.3. The number of nitrogens with zero attached hydrogens (tertiary/aromatic N) is 2. The van der Waals surface area contributed by atoms with E-state index in [9.17, 15) is 20.2 Å². The van der Waals surface area contributed by atoms with Gasteiger partial charge in [0, 0.05) is 21.0 Å². The average Bonchev–Trinajstić information content (AvgIpc) is 2.52. The molecule has 0 N–H and O–H groups in total. The molecule has 0 saturated carbocycles. The monoisotopic (exact) mass is 336 g/mol. The van der Waals surface area contributed by atoms with Crippen molar-refractivity contribution in [2.24, 2.45) is 0 Å². The number of hydrogen-bond donors (Lipinski definition) is 0. The molecule has 2 atom stereocenters. The molecule has 22 heavy (non-hydrogen) atoms. The van der Waals surface area contributed by atoms with E-state index in [1.165, 1.54) is 0 Å². The first-order valence-electron chi connectivity index (χ1n) is 6.28. The predicted molar refractivity (Wildman–Crippen MR) is 87.5 cm³/mol. The molecule has 8 heteroatoms. The van der Waals surface area contributed by atoms with Gasteiger partial charge >= 0.3 is 0 Å². The molecule has 0 saturated heterocycles. The largest absolute Gasteiger partial charge is 0.293 e. The third kappa shape index (κ3) is 4.22. The summed E-state index contributed by atoms with van der Waals surface area (Å²) in [5.74, 6) is 0. The smallest absolute Gasteiger partial charge is 0.263 e. The van der Waals surface area contributed by atoms with Gasteiger partial charge in [-0.2, -0.15) is 0 Å². The highest BCUT2D eigenvalue weighted by Crippen LogP contribution is 2.46. The summed E-state index contributed by atoms with van der Waals surface area (Å²) >= 11 is 0. The van der Waals surface area contributed by atoms with Crippen LogP contribution in [0, 0.1) is 20.2 Å². The fraction of sp³-hybridized carbons (Fsp3) is 0.143. The van der Waals surface area contributed by atoms with Gasteiger partial charge < -0.3 is 0 Å². The van der Waals surface area contributed by atoms with E-state index < -0.39 is 20.6 Å². The molecule has 0 radical (unpaired) electrons. The normalized spacial score (nSPS) is 13.3. The van der Waals surface area contributed by atoms with Crippen molar-refractivity contribution >= 4 is 21.6 Å². The minimum atomic E-state index is -1.04. The molecular formula is C14H12N2O4S2. The third-order valence-corrected chi connectivity index (χ3v) is 5.58. The van der Waals surface area contributed by atoms with Gasteiger partial charge in [0.2, 0.25) is 0 Å². The molecule has 114 valence electrons. The lowest BCUT2D eigenvalue weighted by Gasteiger charge is -2.11. The Kier molecular flexibility index (Phi) is 5.79. The van der Waals surface area contributed by atoms with Gasteiger partial charge in [-0.1, -0.05) is 60.7 Å². The van der Waals surface area contributed by atoms with Gasteiger partial charge in [0.05, 0.1) is 0 Å². The summed E-state index contributed by atoms with van der Waals surface area (Å²) in [4.78, 5) is 21.6. The lowest BCUT2D eigenvalue weighted by molar-refractivity contribution is -0.502. The van der Waals surface area contributed by atoms with E-state index in [4.69, 9.17) is 0 Å². The first-order valence-corrected chi connectivity index (χ1v) is 8.56. The summed E-state index contributed by atoms with van der Waals surface area (Å²) in [6.45, 7) is 0. The third-order valence-electron chi connectivity index (χ3n) is 2.79. The Balaban J connectivity index is 2.14. The molecule has 0 aliphatic carbocycles. The molecule has 0 aliphatic rings. The summed E-state index contributed by atoms with van der Waals surface area (Å²) in [6, 6.07) is 16.9. The van der Waals surface area contributed by atoms with Crippen LogP contribution in [0.3, 0.4) is 0 Å². The second-order valence-corrected chi connectivity index (χ2v) is 6.72. The second kappa shape index (κ2) is 7.81. The van der Waals surface area contributed by atoms with Crippen molar-refractivity contribution in [3.63, 3.8) is 0 Å². The minimum Gasteiger partial charge on any atom is -0.263 e. The van der Waals surface area contributed by atoms with Gasteiger partial charge in [0.25, 0.3) is 10.7 Å². The zero-order valence-corrected chi connectivity index (χ0v) is 12.9. The SMILES string of the molecule is O=[N+]([O-])C(SSC(c1ccccc1)[N+](=O)[O-])c1ccccc1. The van der Waals surface area contributed by atoms with E-state index >= 15 is 0 Å². The highest BCUT2D eigenvalue weighted by atomic mass is 33.1. The van der Waals surface area contributed by atoms with E-state index in [2.05, 4.69) is 0 Å². The van der Waals surface area contributed by atoms with E-state index in [-0.39, 0.29) is 0 Å². The van der Waals surface area contributed by atoms with Crippen LogP contribution >= 0.6 is 21.6 Å². The van der Waals surface area contributed by atoms with Crippen LogP contribution in [0.15, 0.2) is 60.7 Å². The molecule has 2 rings (SSSR count). The van der Waals surface area contributed by atoms with E-state index in [1.54, 1.807) is 60.7 Å². The van der Waals surface area contributed by atoms with Crippen LogP contribution in [0.1, 0.15) is 21.9 Å². The van der Waals surface area contributed by atoms with Crippen LogP contribution in [0.4, 0.5) is 0 Å². The van der Waals surface area contributed by atoms with E-state index in [1.807, 2.05) is 0 Å². The van der Waals surface area contributed by atoms with Crippen molar-refractivity contribution in [1.29, 1.82) is 0 Å². The average molecular weight is 336 g/mol. The Morgan fingerprint density at radius 1 is 0.682 bits per heavy atom. The topological polar surface area (TPSA) is 86.3 Å². The molecule has 2 aromatic rings. The van der Waals surface area contributed by atoms with Gasteiger partial charge in [-0.3, -0.25) is 20.2 Å². The number of nitro groups is 2. The van der Waals surface area contributed by atoms with Crippen LogP contribution in [0.2, 0.25) is 0 Å². The summed E-state index contributed by atoms with van der Waals surface area (Å²) in [5, 5.41) is 20.4. The fourth-order valence-electron chi connectivity index (χ4n) is 1.77. The Labute approximate surface area is 134 Å². The van der Waals surface area contributed by atoms with Crippen molar-refractivity contribution < 1.29 is 9.85 Å². The molecule has 0 bridgehead atoms. The van der Waals surface area contributed by atoms with Crippen molar-refractivity contribution in [3.05, 3.63) is 92.0 Å². The maximum atomic E-state index is 11.2. The predicted octanol–water partition coefficient (Wildman–Crippen LogP) is 4.32. The number of hydrogen-bond acceptors (Lipinski definition) is 6. The van der Waals surface area contributed by atoms with Gasteiger partial charge in [0.15, 0.2) is 0 Å². The highest BCUT2D eigenvalue weighted by molar-refractivity contribution is 8.76. The summed E-state index contributed by atoms with van der Waals surface area (Å²) < 4.78 is 0. The Hall–Kier alpha value is -2.06. The summed E-state index contributed by atoms with van der Waals surface area (Å²) in [6.07, 6.45) is 0. The highest BCUT2D eigenvalue weighted by Gasteiger charge is 2.31. The van der Waals surface area contributed by atoms with Crippen molar-refractivity contribution in [2.75, 3.05) is 0 Å². The molecule has 0 aromatic heterocycles. The molecule has 6 nitrogen and oxygen atoms in total. The molecule has 2 unspecified atom stereocenters. The maximum Gasteiger partial charge on any atom is 0.293 e. The Morgan fingerprint density at radius 3 is 1.27 bits per heavy atom. The maximum absolute atomic E-state index is 11.2. The van der Waals surface area contributed by atoms with E-state index in [0.717, 1.165) is 21.6 Å². The zero-order chi connectivity index (χ0) is 15.9. The van der Waals surface area contributed by atoms with Crippen LogP contribution in [0.5, 0.6) is 0 Å². The zero-order valence-electron chi connectivity index (χ0n) is 11.3. The lowest BCUT2D eigenvalue weighted by atomic mass is 10.2. The molecule has 0 amide bonds. The molecule has 0 spiro atoms. The summed E-state index contributed by atoms with van der Waals surface area (Å²) in [7, 11) is 1.78. The number of rotatable bonds is 7. The molecule has 2 aromatic carbocycles. The summed E-state index contributed by atoms with van der Waals surface area (Å²) in [5.41, 5.74) is 1.03. The van der Waals surface area contributed by atoms with E-state index in [0.29, 0.717) is 11.1 Å². The van der Waals surface area contributed by atoms with Crippen LogP contribution in [0.25, 0.3) is 0 Å². The van der Waals surface area contributed by atoms with Crippen molar-refractivity contribution in [3.8, 4) is 0 Å². The van der Waals surface area contributed by atoms with Crippen molar-refractivity contribution in [1.82, 2.24) is 0 Å². The second-order valence-electron chi connectivity index (χ2n) is 4.29. The molecule has 0 aliphatic heterocycles. The van der Waals surface area contributed by atoms with Crippen molar-refractivity contribution in [2.45, 2.75) is 10.7 Å². The van der Waals surface area contributed by atoms with Gasteiger partial charge in [-0.15, -0.1) is 0 Å². The fourth-order valence-corrected chi connectivity index (χ4v) is 4.37. The van der Waals surface area contributed by atoms with Crippen LogP contribution in [-0.4, -0.2) is 9.85 Å². The Bertz CT molecular complexity index is 582. The van der Waals surface area contributed by atoms with Gasteiger partial charge in [0.1, 0.15) is 0 Å². The van der Waals surface area contributed by atoms with Crippen LogP contribution < -0.4 is 0 Å². The Morgan fingerprint density at radius 2 is 1.00 bits per heavy atom. The number of benzene rings is 2. The lowest BCUT2D eigenvalue weighted by Crippen LogP contribution is -2.09. The minimum absolute atomic E-state index is 0.436. The quantitative estimate of drug-likeness (QED) is 0.324. The standard InChI is InChI=1S/C14H12N2O4S2/c17-15(18)13(11-7-3-1-4-8-11)21-22-14(16(19)20)12-9-5-2-6-10-12/h1-10,13-14H. The van der Waals surface area contributed by atoms with Gasteiger partial charge in [-0.25, -0.2) is 0 Å². The molecule has 0 heterocycles.